The van der Waals surface area contributed by atoms with Gasteiger partial charge in [-0.15, -0.1) is 6.58 Å². The van der Waals surface area contributed by atoms with E-state index in [1.54, 1.807) is 6.08 Å². The van der Waals surface area contributed by atoms with Crippen LogP contribution < -0.4 is 10.5 Å². The topological polar surface area (TPSA) is 72.2 Å². The largest absolute Gasteiger partial charge is 0.330 e. The van der Waals surface area contributed by atoms with Crippen LogP contribution >= 0.6 is 0 Å². The summed E-state index contributed by atoms with van der Waals surface area (Å²) in [5.41, 5.74) is 5.59. The third kappa shape index (κ3) is 3.93. The summed E-state index contributed by atoms with van der Waals surface area (Å²) in [5, 5.41) is 0. The van der Waals surface area contributed by atoms with Crippen molar-refractivity contribution in [2.75, 3.05) is 12.3 Å². The van der Waals surface area contributed by atoms with Crippen LogP contribution in [0.5, 0.6) is 0 Å². The lowest BCUT2D eigenvalue weighted by Crippen LogP contribution is -2.40. The minimum absolute atomic E-state index is 0.0461. The molecule has 0 radical (unpaired) electrons. The third-order valence-electron chi connectivity index (χ3n) is 2.88. The van der Waals surface area contributed by atoms with Crippen LogP contribution in [0.1, 0.15) is 25.7 Å². The first-order valence-electron chi connectivity index (χ1n) is 5.40. The maximum absolute atomic E-state index is 11.6. The number of sulfonamides is 1. The second-order valence-electron chi connectivity index (χ2n) is 4.05. The fourth-order valence-corrected chi connectivity index (χ4v) is 3.37. The van der Waals surface area contributed by atoms with E-state index >= 15 is 0 Å². The molecule has 0 heterocycles. The molecule has 1 rings (SSSR count). The molecule has 0 aromatic carbocycles. The highest BCUT2D eigenvalue weighted by Crippen LogP contribution is 2.25. The molecular formula is C10H20N2O2S. The van der Waals surface area contributed by atoms with Gasteiger partial charge in [-0.3, -0.25) is 0 Å². The average Bonchev–Trinajstić information content (AvgIpc) is 2.61. The van der Waals surface area contributed by atoms with Crippen LogP contribution in [0.15, 0.2) is 12.7 Å². The molecule has 1 saturated carbocycles. The van der Waals surface area contributed by atoms with Gasteiger partial charge < -0.3 is 5.73 Å². The quantitative estimate of drug-likeness (QED) is 0.659. The van der Waals surface area contributed by atoms with Gasteiger partial charge in [0.25, 0.3) is 0 Å². The molecule has 0 aromatic rings. The van der Waals surface area contributed by atoms with Crippen molar-refractivity contribution in [1.29, 1.82) is 0 Å². The standard InChI is InChI=1S/C10H20N2O2S/c1-2-3-7-15(13,14)12-10-6-4-5-9(10)8-11/h2,9-10,12H,1,3-8,11H2/t9-,10+/m0/s1. The number of allylic oxidation sites excluding steroid dienone is 1. The predicted molar refractivity (Wildman–Crippen MR) is 61.9 cm³/mol. The lowest BCUT2D eigenvalue weighted by molar-refractivity contribution is 0.453. The van der Waals surface area contributed by atoms with E-state index in [1.165, 1.54) is 0 Å². The molecule has 0 saturated heterocycles. The molecule has 1 aliphatic rings. The summed E-state index contributed by atoms with van der Waals surface area (Å²) in [4.78, 5) is 0. The van der Waals surface area contributed by atoms with Crippen molar-refractivity contribution in [3.05, 3.63) is 12.7 Å². The molecule has 1 fully saturated rings. The Balaban J connectivity index is 2.49. The molecule has 0 bridgehead atoms. The van der Waals surface area contributed by atoms with Gasteiger partial charge in [-0.2, -0.15) is 0 Å². The Hall–Kier alpha value is -0.390. The maximum atomic E-state index is 11.6. The van der Waals surface area contributed by atoms with E-state index in [2.05, 4.69) is 11.3 Å². The van der Waals surface area contributed by atoms with Gasteiger partial charge >= 0.3 is 0 Å². The third-order valence-corrected chi connectivity index (χ3v) is 4.32. The van der Waals surface area contributed by atoms with Crippen molar-refractivity contribution in [1.82, 2.24) is 4.72 Å². The van der Waals surface area contributed by atoms with E-state index in [4.69, 9.17) is 5.73 Å². The summed E-state index contributed by atoms with van der Waals surface area (Å²) >= 11 is 0. The van der Waals surface area contributed by atoms with Crippen molar-refractivity contribution in [2.24, 2.45) is 11.7 Å². The van der Waals surface area contributed by atoms with Crippen LogP contribution in [-0.2, 0) is 10.0 Å². The summed E-state index contributed by atoms with van der Waals surface area (Å²) in [6, 6.07) is 0.0461. The second kappa shape index (κ2) is 5.63. The molecule has 15 heavy (non-hydrogen) atoms. The van der Waals surface area contributed by atoms with Gasteiger partial charge in [0.2, 0.25) is 10.0 Å². The lowest BCUT2D eigenvalue weighted by Gasteiger charge is -2.19. The zero-order valence-electron chi connectivity index (χ0n) is 8.98. The SMILES string of the molecule is C=CCCS(=O)(=O)N[C@@H]1CCC[C@H]1CN. The minimum Gasteiger partial charge on any atom is -0.330 e. The normalized spacial score (nSPS) is 26.7. The molecule has 2 atom stereocenters. The van der Waals surface area contributed by atoms with Gasteiger partial charge in [-0.05, 0) is 31.7 Å². The van der Waals surface area contributed by atoms with Gasteiger partial charge in [0.05, 0.1) is 5.75 Å². The molecule has 1 aliphatic carbocycles. The summed E-state index contributed by atoms with van der Waals surface area (Å²) < 4.78 is 25.9. The number of nitrogens with one attached hydrogen (secondary N) is 1. The van der Waals surface area contributed by atoms with E-state index in [0.717, 1.165) is 19.3 Å². The van der Waals surface area contributed by atoms with Crippen LogP contribution in [0.2, 0.25) is 0 Å². The van der Waals surface area contributed by atoms with Crippen LogP contribution in [0.25, 0.3) is 0 Å². The Morgan fingerprint density at radius 3 is 2.80 bits per heavy atom. The Bertz CT molecular complexity index is 301. The maximum Gasteiger partial charge on any atom is 0.212 e. The van der Waals surface area contributed by atoms with Crippen LogP contribution in [-0.4, -0.2) is 26.8 Å². The number of hydrogen-bond donors (Lipinski definition) is 2. The van der Waals surface area contributed by atoms with E-state index in [1.807, 2.05) is 0 Å². The fraction of sp³-hybridized carbons (Fsp3) is 0.800. The summed E-state index contributed by atoms with van der Waals surface area (Å²) in [6.45, 7) is 4.08. The first kappa shape index (κ1) is 12.7. The Labute approximate surface area is 92.0 Å². The van der Waals surface area contributed by atoms with Crippen molar-refractivity contribution in [3.8, 4) is 0 Å². The molecular weight excluding hydrogens is 212 g/mol. The van der Waals surface area contributed by atoms with E-state index in [9.17, 15) is 8.42 Å². The molecule has 4 nitrogen and oxygen atoms in total. The first-order valence-corrected chi connectivity index (χ1v) is 7.05. The van der Waals surface area contributed by atoms with E-state index in [0.29, 0.717) is 18.9 Å². The van der Waals surface area contributed by atoms with Crippen LogP contribution in [0.3, 0.4) is 0 Å². The molecule has 88 valence electrons. The number of hydrogen-bond acceptors (Lipinski definition) is 3. The fourth-order valence-electron chi connectivity index (χ4n) is 2.00. The number of nitrogens with two attached hydrogens (primary N) is 1. The highest BCUT2D eigenvalue weighted by Gasteiger charge is 2.29. The Morgan fingerprint density at radius 2 is 2.20 bits per heavy atom. The Morgan fingerprint density at radius 1 is 1.47 bits per heavy atom. The van der Waals surface area contributed by atoms with Gasteiger partial charge in [0.15, 0.2) is 0 Å². The Kier molecular flexibility index (Phi) is 4.76. The zero-order chi connectivity index (χ0) is 11.3. The minimum atomic E-state index is -3.15. The molecule has 0 unspecified atom stereocenters. The molecule has 3 N–H and O–H groups in total. The van der Waals surface area contributed by atoms with Gasteiger partial charge in [-0.1, -0.05) is 12.5 Å². The lowest BCUT2D eigenvalue weighted by atomic mass is 10.1. The monoisotopic (exact) mass is 232 g/mol. The van der Waals surface area contributed by atoms with E-state index in [-0.39, 0.29) is 11.8 Å². The second-order valence-corrected chi connectivity index (χ2v) is 5.92. The highest BCUT2D eigenvalue weighted by molar-refractivity contribution is 7.89. The first-order chi connectivity index (χ1) is 7.09. The van der Waals surface area contributed by atoms with Crippen LogP contribution in [0.4, 0.5) is 0 Å². The van der Waals surface area contributed by atoms with Gasteiger partial charge in [0, 0.05) is 6.04 Å². The summed E-state index contributed by atoms with van der Waals surface area (Å²) in [7, 11) is -3.15. The van der Waals surface area contributed by atoms with Crippen molar-refractivity contribution in [2.45, 2.75) is 31.7 Å². The van der Waals surface area contributed by atoms with Gasteiger partial charge in [-0.25, -0.2) is 13.1 Å². The highest BCUT2D eigenvalue weighted by atomic mass is 32.2. The molecule has 0 aliphatic heterocycles. The molecule has 0 aromatic heterocycles. The summed E-state index contributed by atoms with van der Waals surface area (Å²) in [6.07, 6.45) is 5.13. The van der Waals surface area contributed by atoms with Crippen molar-refractivity contribution in [3.63, 3.8) is 0 Å². The zero-order valence-corrected chi connectivity index (χ0v) is 9.80. The van der Waals surface area contributed by atoms with Crippen LogP contribution in [0, 0.1) is 5.92 Å². The smallest absolute Gasteiger partial charge is 0.212 e. The van der Waals surface area contributed by atoms with Crippen molar-refractivity contribution >= 4 is 10.0 Å². The molecule has 0 spiro atoms. The van der Waals surface area contributed by atoms with E-state index < -0.39 is 10.0 Å². The van der Waals surface area contributed by atoms with Crippen molar-refractivity contribution < 1.29 is 8.42 Å². The average molecular weight is 232 g/mol. The molecule has 5 heteroatoms. The predicted octanol–water partition coefficient (Wildman–Crippen LogP) is 0.609. The van der Waals surface area contributed by atoms with Gasteiger partial charge in [0.1, 0.15) is 0 Å². The molecule has 0 amide bonds. The summed E-state index contributed by atoms with van der Waals surface area (Å²) in [5.74, 6) is 0.438. The number of rotatable bonds is 6.